The summed E-state index contributed by atoms with van der Waals surface area (Å²) in [6.07, 6.45) is 0. The summed E-state index contributed by atoms with van der Waals surface area (Å²) in [5.74, 6) is -0.216. The Bertz CT molecular complexity index is 655. The van der Waals surface area contributed by atoms with E-state index in [-0.39, 0.29) is 5.82 Å². The summed E-state index contributed by atoms with van der Waals surface area (Å²) in [5, 5.41) is 0. The minimum Gasteiger partial charge on any atom is -0.389 e. The Kier molecular flexibility index (Phi) is 4.91. The van der Waals surface area contributed by atoms with Crippen LogP contribution in [0.5, 0.6) is 0 Å². The molecular weight excluding hydrogens is 283 g/mol. The molecule has 0 aliphatic carbocycles. The number of hydrogen-bond donors (Lipinski definition) is 1. The number of benzene rings is 2. The van der Waals surface area contributed by atoms with E-state index >= 15 is 0 Å². The van der Waals surface area contributed by atoms with E-state index in [0.717, 1.165) is 29.9 Å². The van der Waals surface area contributed by atoms with Gasteiger partial charge in [-0.1, -0.05) is 30.4 Å². The second kappa shape index (κ2) is 6.68. The van der Waals surface area contributed by atoms with Crippen LogP contribution in [0.3, 0.4) is 0 Å². The summed E-state index contributed by atoms with van der Waals surface area (Å²) >= 11 is 4.99. The fourth-order valence-electron chi connectivity index (χ4n) is 2.29. The molecule has 0 aliphatic rings. The zero-order valence-corrected chi connectivity index (χ0v) is 13.1. The molecule has 0 bridgehead atoms. The van der Waals surface area contributed by atoms with Gasteiger partial charge in [0.1, 0.15) is 10.8 Å². The molecule has 0 saturated carbocycles. The second-order valence-corrected chi connectivity index (χ2v) is 5.44. The number of thiocarbonyl (C=S) groups is 1. The molecule has 21 heavy (non-hydrogen) atoms. The minimum absolute atomic E-state index is 0.216. The largest absolute Gasteiger partial charge is 0.389 e. The first-order chi connectivity index (χ1) is 10.0. The molecule has 2 aromatic carbocycles. The van der Waals surface area contributed by atoms with E-state index in [4.69, 9.17) is 18.0 Å². The van der Waals surface area contributed by atoms with Crippen molar-refractivity contribution < 1.29 is 4.39 Å². The van der Waals surface area contributed by atoms with Crippen LogP contribution in [0.2, 0.25) is 0 Å². The lowest BCUT2D eigenvalue weighted by atomic mass is 10.0. The van der Waals surface area contributed by atoms with Gasteiger partial charge >= 0.3 is 0 Å². The minimum atomic E-state index is -0.216. The van der Waals surface area contributed by atoms with Crippen molar-refractivity contribution in [1.29, 1.82) is 0 Å². The zero-order valence-electron chi connectivity index (χ0n) is 12.3. The molecule has 2 rings (SSSR count). The highest BCUT2D eigenvalue weighted by Gasteiger charge is 2.09. The maximum absolute atomic E-state index is 13.4. The van der Waals surface area contributed by atoms with Gasteiger partial charge in [0, 0.05) is 24.3 Å². The van der Waals surface area contributed by atoms with Gasteiger partial charge in [0.2, 0.25) is 0 Å². The summed E-state index contributed by atoms with van der Waals surface area (Å²) in [4.78, 5) is 2.54. The van der Waals surface area contributed by atoms with Gasteiger partial charge in [-0.2, -0.15) is 0 Å². The van der Waals surface area contributed by atoms with E-state index in [2.05, 4.69) is 11.8 Å². The Hall–Kier alpha value is -1.94. The van der Waals surface area contributed by atoms with Crippen LogP contribution in [-0.4, -0.2) is 11.5 Å². The average Bonchev–Trinajstić information content (AvgIpc) is 2.45. The first kappa shape index (κ1) is 15.4. The van der Waals surface area contributed by atoms with Crippen molar-refractivity contribution in [3.8, 4) is 0 Å². The summed E-state index contributed by atoms with van der Waals surface area (Å²) in [5.41, 5.74) is 9.72. The van der Waals surface area contributed by atoms with Gasteiger partial charge in [0.25, 0.3) is 0 Å². The monoisotopic (exact) mass is 302 g/mol. The number of aryl methyl sites for hydroxylation is 1. The van der Waals surface area contributed by atoms with Crippen LogP contribution >= 0.6 is 12.2 Å². The number of nitrogens with two attached hydrogens (primary N) is 1. The summed E-state index contributed by atoms with van der Waals surface area (Å²) in [7, 11) is 0. The molecule has 0 aliphatic heterocycles. The van der Waals surface area contributed by atoms with Gasteiger partial charge in [0.05, 0.1) is 0 Å². The fourth-order valence-corrected chi connectivity index (χ4v) is 2.42. The molecule has 0 amide bonds. The second-order valence-electron chi connectivity index (χ2n) is 5.00. The van der Waals surface area contributed by atoms with Crippen LogP contribution in [0.25, 0.3) is 0 Å². The Balaban J connectivity index is 2.25. The molecule has 0 unspecified atom stereocenters. The number of rotatable bonds is 5. The van der Waals surface area contributed by atoms with Crippen molar-refractivity contribution in [2.24, 2.45) is 5.73 Å². The normalized spacial score (nSPS) is 10.4. The first-order valence-electron chi connectivity index (χ1n) is 6.91. The Morgan fingerprint density at radius 2 is 2.00 bits per heavy atom. The maximum Gasteiger partial charge on any atom is 0.125 e. The molecule has 0 saturated heterocycles. The molecule has 2 N–H and O–H groups in total. The quantitative estimate of drug-likeness (QED) is 0.852. The van der Waals surface area contributed by atoms with Crippen LogP contribution < -0.4 is 10.6 Å². The van der Waals surface area contributed by atoms with Crippen molar-refractivity contribution >= 4 is 22.9 Å². The zero-order chi connectivity index (χ0) is 15.4. The summed E-state index contributed by atoms with van der Waals surface area (Å²) in [6.45, 7) is 5.63. The highest BCUT2D eigenvalue weighted by Crippen LogP contribution is 2.20. The first-order valence-corrected chi connectivity index (χ1v) is 7.32. The summed E-state index contributed by atoms with van der Waals surface area (Å²) in [6, 6.07) is 12.6. The van der Waals surface area contributed by atoms with E-state index in [9.17, 15) is 4.39 Å². The molecule has 4 heteroatoms. The molecule has 110 valence electrons. The fraction of sp³-hybridized carbons (Fsp3) is 0.235. The number of anilines is 1. The van der Waals surface area contributed by atoms with E-state index in [1.54, 1.807) is 12.1 Å². The standard InChI is InChI=1S/C17H19FN2S/c1-3-20(16-6-4-5-15(18)10-16)11-14-8-7-13(17(19)21)9-12(14)2/h4-10H,3,11H2,1-2H3,(H2,19,21). The third-order valence-electron chi connectivity index (χ3n) is 3.54. The molecule has 0 spiro atoms. The number of hydrogen-bond acceptors (Lipinski definition) is 2. The lowest BCUT2D eigenvalue weighted by Crippen LogP contribution is -2.22. The lowest BCUT2D eigenvalue weighted by molar-refractivity contribution is 0.626. The molecule has 2 aromatic rings. The van der Waals surface area contributed by atoms with Gasteiger partial charge < -0.3 is 10.6 Å². The van der Waals surface area contributed by atoms with Crippen molar-refractivity contribution in [2.75, 3.05) is 11.4 Å². The maximum atomic E-state index is 13.4. The summed E-state index contributed by atoms with van der Waals surface area (Å²) < 4.78 is 13.4. The van der Waals surface area contributed by atoms with Crippen LogP contribution in [0.4, 0.5) is 10.1 Å². The smallest absolute Gasteiger partial charge is 0.125 e. The molecule has 0 aromatic heterocycles. The van der Waals surface area contributed by atoms with Crippen LogP contribution in [0.1, 0.15) is 23.6 Å². The predicted molar refractivity (Wildman–Crippen MR) is 90.2 cm³/mol. The van der Waals surface area contributed by atoms with Crippen molar-refractivity contribution in [1.82, 2.24) is 0 Å². The molecule has 0 heterocycles. The predicted octanol–water partition coefficient (Wildman–Crippen LogP) is 3.79. The highest BCUT2D eigenvalue weighted by molar-refractivity contribution is 7.80. The van der Waals surface area contributed by atoms with Crippen LogP contribution in [-0.2, 0) is 6.54 Å². The van der Waals surface area contributed by atoms with Gasteiger partial charge in [-0.15, -0.1) is 0 Å². The van der Waals surface area contributed by atoms with Gasteiger partial charge in [-0.05, 0) is 49.2 Å². The van der Waals surface area contributed by atoms with Crippen molar-refractivity contribution in [3.63, 3.8) is 0 Å². The van der Waals surface area contributed by atoms with E-state index < -0.39 is 0 Å². The Morgan fingerprint density at radius 1 is 1.24 bits per heavy atom. The molecule has 0 fully saturated rings. The van der Waals surface area contributed by atoms with Crippen LogP contribution in [0, 0.1) is 12.7 Å². The topological polar surface area (TPSA) is 29.3 Å². The SMILES string of the molecule is CCN(Cc1ccc(C(N)=S)cc1C)c1cccc(F)c1. The average molecular weight is 302 g/mol. The number of halogens is 1. The van der Waals surface area contributed by atoms with E-state index in [1.807, 2.05) is 31.2 Å². The van der Waals surface area contributed by atoms with E-state index in [1.165, 1.54) is 11.6 Å². The van der Waals surface area contributed by atoms with Crippen LogP contribution in [0.15, 0.2) is 42.5 Å². The molecule has 2 nitrogen and oxygen atoms in total. The molecular formula is C17H19FN2S. The Morgan fingerprint density at radius 3 is 2.57 bits per heavy atom. The molecule has 0 atom stereocenters. The van der Waals surface area contributed by atoms with E-state index in [0.29, 0.717) is 4.99 Å². The van der Waals surface area contributed by atoms with Gasteiger partial charge in [-0.3, -0.25) is 0 Å². The molecule has 0 radical (unpaired) electrons. The van der Waals surface area contributed by atoms with Gasteiger partial charge in [0.15, 0.2) is 0 Å². The number of nitrogens with zero attached hydrogens (tertiary/aromatic N) is 1. The van der Waals surface area contributed by atoms with Crippen molar-refractivity contribution in [2.45, 2.75) is 20.4 Å². The third-order valence-corrected chi connectivity index (χ3v) is 3.78. The highest BCUT2D eigenvalue weighted by atomic mass is 32.1. The Labute approximate surface area is 130 Å². The lowest BCUT2D eigenvalue weighted by Gasteiger charge is -2.24. The van der Waals surface area contributed by atoms with Crippen molar-refractivity contribution in [3.05, 3.63) is 65.0 Å². The third kappa shape index (κ3) is 3.79. The van der Waals surface area contributed by atoms with Gasteiger partial charge in [-0.25, -0.2) is 4.39 Å².